The van der Waals surface area contributed by atoms with Crippen LogP contribution in [0.4, 0.5) is 5.82 Å². The van der Waals surface area contributed by atoms with Gasteiger partial charge in [-0.1, -0.05) is 36.9 Å². The number of aromatic nitrogens is 4. The van der Waals surface area contributed by atoms with Gasteiger partial charge in [-0.2, -0.15) is 9.61 Å². The molecule has 0 aliphatic heterocycles. The third-order valence-corrected chi connectivity index (χ3v) is 5.82. The minimum absolute atomic E-state index is 0.814. The molecule has 0 amide bonds. The first-order chi connectivity index (χ1) is 14.7. The Morgan fingerprint density at radius 2 is 2.17 bits per heavy atom. The van der Waals surface area contributed by atoms with E-state index in [4.69, 9.17) is 4.98 Å². The monoisotopic (exact) mass is 418 g/mol. The lowest BCUT2D eigenvalue weighted by Crippen LogP contribution is -2.21. The minimum atomic E-state index is 0.814. The van der Waals surface area contributed by atoms with Crippen LogP contribution in [-0.4, -0.2) is 44.6 Å². The summed E-state index contributed by atoms with van der Waals surface area (Å²) in [6.07, 6.45) is 6.48. The second-order valence-corrected chi connectivity index (χ2v) is 8.30. The maximum absolute atomic E-state index is 4.87. The zero-order valence-electron chi connectivity index (χ0n) is 17.4. The Hall–Kier alpha value is -3.03. The summed E-state index contributed by atoms with van der Waals surface area (Å²) in [5, 5.41) is 11.2. The maximum atomic E-state index is 4.87. The molecule has 0 unspecified atom stereocenters. The Labute approximate surface area is 180 Å². The molecule has 3 heterocycles. The number of anilines is 1. The van der Waals surface area contributed by atoms with Crippen LogP contribution in [0.5, 0.6) is 0 Å². The summed E-state index contributed by atoms with van der Waals surface area (Å²) in [5.41, 5.74) is 5.00. The molecule has 0 saturated heterocycles. The number of nitrogens with zero attached hydrogens (tertiary/aromatic N) is 5. The summed E-state index contributed by atoms with van der Waals surface area (Å²) < 4.78 is 1.86. The summed E-state index contributed by atoms with van der Waals surface area (Å²) in [4.78, 5) is 11.5. The molecule has 0 radical (unpaired) electrons. The van der Waals surface area contributed by atoms with Gasteiger partial charge in [0.15, 0.2) is 5.65 Å². The van der Waals surface area contributed by atoms with E-state index in [-0.39, 0.29) is 0 Å². The molecular formula is C23H26N6S. The fourth-order valence-electron chi connectivity index (χ4n) is 3.45. The average molecular weight is 419 g/mol. The van der Waals surface area contributed by atoms with Crippen molar-refractivity contribution < 1.29 is 0 Å². The van der Waals surface area contributed by atoms with Gasteiger partial charge in [0.05, 0.1) is 18.4 Å². The molecule has 6 nitrogen and oxygen atoms in total. The second-order valence-electron chi connectivity index (χ2n) is 7.32. The molecule has 7 heteroatoms. The molecule has 4 rings (SSSR count). The summed E-state index contributed by atoms with van der Waals surface area (Å²) in [6, 6.07) is 10.4. The highest BCUT2D eigenvalue weighted by Gasteiger charge is 2.12. The number of benzene rings is 1. The van der Waals surface area contributed by atoms with E-state index in [1.54, 1.807) is 17.4 Å². The predicted molar refractivity (Wildman–Crippen MR) is 125 cm³/mol. The lowest BCUT2D eigenvalue weighted by molar-refractivity contribution is 0.325. The molecule has 1 N–H and O–H groups in total. The van der Waals surface area contributed by atoms with E-state index in [1.165, 1.54) is 5.56 Å². The molecule has 3 aromatic heterocycles. The van der Waals surface area contributed by atoms with Crippen molar-refractivity contribution >= 4 is 28.9 Å². The maximum Gasteiger partial charge on any atom is 0.165 e. The van der Waals surface area contributed by atoms with Crippen molar-refractivity contribution in [2.24, 2.45) is 0 Å². The van der Waals surface area contributed by atoms with Crippen LogP contribution in [0, 0.1) is 6.92 Å². The molecule has 0 aliphatic carbocycles. The Bertz CT molecular complexity index is 1130. The van der Waals surface area contributed by atoms with Gasteiger partial charge in [-0.05, 0) is 32.5 Å². The van der Waals surface area contributed by atoms with Gasteiger partial charge in [-0.25, -0.2) is 9.97 Å². The van der Waals surface area contributed by atoms with E-state index in [0.29, 0.717) is 0 Å². The van der Waals surface area contributed by atoms with E-state index in [9.17, 15) is 0 Å². The molecule has 0 spiro atoms. The smallest absolute Gasteiger partial charge is 0.165 e. The van der Waals surface area contributed by atoms with Crippen LogP contribution in [0.15, 0.2) is 54.7 Å². The van der Waals surface area contributed by atoms with E-state index >= 15 is 0 Å². The molecule has 0 bridgehead atoms. The third kappa shape index (κ3) is 4.42. The summed E-state index contributed by atoms with van der Waals surface area (Å²) in [5.74, 6) is 0.939. The fraction of sp³-hybridized carbons (Fsp3) is 0.261. The zero-order valence-corrected chi connectivity index (χ0v) is 18.2. The van der Waals surface area contributed by atoms with Gasteiger partial charge in [0.25, 0.3) is 0 Å². The molecule has 30 heavy (non-hydrogen) atoms. The summed E-state index contributed by atoms with van der Waals surface area (Å²) in [6.45, 7) is 8.73. The molecule has 0 aliphatic rings. The van der Waals surface area contributed by atoms with Crippen LogP contribution in [0.3, 0.4) is 0 Å². The Kier molecular flexibility index (Phi) is 6.21. The quantitative estimate of drug-likeness (QED) is 0.398. The first kappa shape index (κ1) is 20.3. The van der Waals surface area contributed by atoms with Crippen LogP contribution in [0.2, 0.25) is 0 Å². The lowest BCUT2D eigenvalue weighted by atomic mass is 10.1. The van der Waals surface area contributed by atoms with Crippen molar-refractivity contribution in [1.29, 1.82) is 0 Å². The molecule has 0 fully saturated rings. The number of thiazole rings is 1. The van der Waals surface area contributed by atoms with E-state index < -0.39 is 0 Å². The van der Waals surface area contributed by atoms with Gasteiger partial charge < -0.3 is 5.32 Å². The van der Waals surface area contributed by atoms with Crippen molar-refractivity contribution in [3.63, 3.8) is 0 Å². The first-order valence-electron chi connectivity index (χ1n) is 10.0. The highest BCUT2D eigenvalue weighted by molar-refractivity contribution is 7.09. The van der Waals surface area contributed by atoms with Crippen LogP contribution in [-0.2, 0) is 6.54 Å². The van der Waals surface area contributed by atoms with Crippen molar-refractivity contribution in [3.05, 3.63) is 70.8 Å². The topological polar surface area (TPSA) is 58.4 Å². The van der Waals surface area contributed by atoms with Gasteiger partial charge in [0.1, 0.15) is 10.8 Å². The number of nitrogens with one attached hydrogen (secondary N) is 1. The summed E-state index contributed by atoms with van der Waals surface area (Å²) in [7, 11) is 2.13. The van der Waals surface area contributed by atoms with Gasteiger partial charge >= 0.3 is 0 Å². The fourth-order valence-corrected chi connectivity index (χ4v) is 4.15. The number of rotatable bonds is 9. The Morgan fingerprint density at radius 1 is 1.30 bits per heavy atom. The van der Waals surface area contributed by atoms with Gasteiger partial charge in [0, 0.05) is 35.3 Å². The molecule has 0 saturated carbocycles. The highest BCUT2D eigenvalue weighted by Crippen LogP contribution is 2.26. The zero-order chi connectivity index (χ0) is 20.9. The number of fused-ring (bicyclic) bond motifs is 1. The highest BCUT2D eigenvalue weighted by atomic mass is 32.1. The largest absolute Gasteiger partial charge is 0.370 e. The van der Waals surface area contributed by atoms with Crippen molar-refractivity contribution in [2.75, 3.05) is 25.5 Å². The number of aryl methyl sites for hydroxylation is 1. The molecular weight excluding hydrogens is 392 g/mol. The van der Waals surface area contributed by atoms with Crippen LogP contribution in [0.25, 0.3) is 23.0 Å². The standard InChI is InChI=1S/C23H26N6S/c1-4-18-15-26-29-21(24-10-7-12-28(3)16-22-25-11-13-30-22)14-20(27-23(18)29)19-9-6-5-8-17(19)2/h4-6,8-9,11,13-15,24H,1,7,10,12,16H2,2-3H3. The SMILES string of the molecule is C=Cc1cnn2c(NCCCN(C)Cc3nccs3)cc(-c3ccccc3C)nc12. The number of hydrogen-bond acceptors (Lipinski definition) is 6. The molecule has 4 aromatic rings. The molecule has 1 aromatic carbocycles. The van der Waals surface area contributed by atoms with E-state index in [0.717, 1.165) is 59.3 Å². The van der Waals surface area contributed by atoms with Crippen LogP contribution in [0.1, 0.15) is 22.6 Å². The molecule has 154 valence electrons. The van der Waals surface area contributed by atoms with Gasteiger partial charge in [-0.15, -0.1) is 11.3 Å². The number of hydrogen-bond donors (Lipinski definition) is 1. The average Bonchev–Trinajstić information content (AvgIpc) is 3.40. The van der Waals surface area contributed by atoms with Crippen molar-refractivity contribution in [1.82, 2.24) is 24.5 Å². The van der Waals surface area contributed by atoms with Crippen molar-refractivity contribution in [2.45, 2.75) is 19.9 Å². The molecule has 0 atom stereocenters. The Balaban J connectivity index is 1.50. The van der Waals surface area contributed by atoms with Crippen LogP contribution >= 0.6 is 11.3 Å². The van der Waals surface area contributed by atoms with E-state index in [2.05, 4.69) is 59.0 Å². The summed E-state index contributed by atoms with van der Waals surface area (Å²) >= 11 is 1.70. The van der Waals surface area contributed by atoms with Crippen LogP contribution < -0.4 is 5.32 Å². The van der Waals surface area contributed by atoms with Gasteiger partial charge in [-0.3, -0.25) is 4.90 Å². The normalized spacial score (nSPS) is 11.3. The predicted octanol–water partition coefficient (Wildman–Crippen LogP) is 4.74. The Morgan fingerprint density at radius 3 is 2.93 bits per heavy atom. The first-order valence-corrected chi connectivity index (χ1v) is 10.9. The van der Waals surface area contributed by atoms with E-state index in [1.807, 2.05) is 34.4 Å². The minimum Gasteiger partial charge on any atom is -0.370 e. The second kappa shape index (κ2) is 9.19. The lowest BCUT2D eigenvalue weighted by Gasteiger charge is -2.16. The van der Waals surface area contributed by atoms with Gasteiger partial charge in [0.2, 0.25) is 0 Å². The van der Waals surface area contributed by atoms with Crippen molar-refractivity contribution in [3.8, 4) is 11.3 Å². The third-order valence-electron chi connectivity index (χ3n) is 5.05.